The number of pyridine rings is 1. The normalized spacial score (nSPS) is 30.8. The van der Waals surface area contributed by atoms with Gasteiger partial charge in [0, 0.05) is 17.8 Å². The lowest BCUT2D eigenvalue weighted by Gasteiger charge is -2.51. The summed E-state index contributed by atoms with van der Waals surface area (Å²) in [6.07, 6.45) is 6.27. The summed E-state index contributed by atoms with van der Waals surface area (Å²) in [5.41, 5.74) is -0.402. The van der Waals surface area contributed by atoms with Crippen molar-refractivity contribution in [1.29, 1.82) is 0 Å². The second-order valence-electron chi connectivity index (χ2n) is 6.82. The maximum absolute atomic E-state index is 12.6. The van der Waals surface area contributed by atoms with E-state index in [4.69, 9.17) is 0 Å². The van der Waals surface area contributed by atoms with Gasteiger partial charge in [-0.15, -0.1) is 0 Å². The second-order valence-corrected chi connectivity index (χ2v) is 6.82. The summed E-state index contributed by atoms with van der Waals surface area (Å²) in [7, 11) is 0. The molecular formula is C16H19N3O3. The first-order chi connectivity index (χ1) is 10.4. The van der Waals surface area contributed by atoms with Gasteiger partial charge in [0.25, 0.3) is 5.56 Å². The van der Waals surface area contributed by atoms with E-state index in [-0.39, 0.29) is 17.0 Å². The van der Waals surface area contributed by atoms with E-state index in [0.29, 0.717) is 16.7 Å². The Morgan fingerprint density at radius 1 is 1.14 bits per heavy atom. The van der Waals surface area contributed by atoms with Crippen LogP contribution >= 0.6 is 0 Å². The van der Waals surface area contributed by atoms with Gasteiger partial charge in [-0.25, -0.2) is 4.98 Å². The highest BCUT2D eigenvalue weighted by Gasteiger charge is 2.49. The fourth-order valence-electron chi connectivity index (χ4n) is 4.08. The molecule has 2 heterocycles. The third kappa shape index (κ3) is 1.86. The molecule has 2 aromatic heterocycles. The Morgan fingerprint density at radius 3 is 2.41 bits per heavy atom. The molecule has 3 aliphatic rings. The van der Waals surface area contributed by atoms with Gasteiger partial charge in [0.05, 0.1) is 16.5 Å². The van der Waals surface area contributed by atoms with Crippen LogP contribution in [0.25, 0.3) is 10.9 Å². The minimum absolute atomic E-state index is 0.0872. The Kier molecular flexibility index (Phi) is 2.67. The molecule has 3 saturated carbocycles. The molecule has 22 heavy (non-hydrogen) atoms. The summed E-state index contributed by atoms with van der Waals surface area (Å²) in [5, 5.41) is 20.9. The van der Waals surface area contributed by atoms with E-state index in [1.54, 1.807) is 17.7 Å². The fraction of sp³-hybridized carbons (Fsp3) is 0.562. The fourth-order valence-corrected chi connectivity index (χ4v) is 4.08. The topological polar surface area (TPSA) is 88.2 Å². The molecule has 0 spiro atoms. The molecule has 2 N–H and O–H groups in total. The summed E-state index contributed by atoms with van der Waals surface area (Å²) in [5.74, 6) is 0.358. The summed E-state index contributed by atoms with van der Waals surface area (Å²) < 4.78 is 1.74. The van der Waals surface area contributed by atoms with Gasteiger partial charge in [-0.1, -0.05) is 0 Å². The molecule has 2 aromatic rings. The second kappa shape index (κ2) is 4.29. The minimum atomic E-state index is -0.537. The lowest BCUT2D eigenvalue weighted by Crippen LogP contribution is -2.53. The van der Waals surface area contributed by atoms with Crippen molar-refractivity contribution in [3.05, 3.63) is 28.4 Å². The van der Waals surface area contributed by atoms with Crippen LogP contribution in [0.4, 0.5) is 0 Å². The van der Waals surface area contributed by atoms with Crippen molar-refractivity contribution in [2.75, 3.05) is 0 Å². The van der Waals surface area contributed by atoms with Crippen molar-refractivity contribution < 1.29 is 10.2 Å². The van der Waals surface area contributed by atoms with E-state index in [0.717, 1.165) is 38.5 Å². The van der Waals surface area contributed by atoms with Crippen LogP contribution in [-0.4, -0.2) is 30.3 Å². The van der Waals surface area contributed by atoms with Gasteiger partial charge < -0.3 is 14.8 Å². The molecule has 0 amide bonds. The lowest BCUT2D eigenvalue weighted by atomic mass is 9.63. The number of aromatic hydroxyl groups is 1. The van der Waals surface area contributed by atoms with E-state index < -0.39 is 5.60 Å². The minimum Gasteiger partial charge on any atom is -0.493 e. The lowest BCUT2D eigenvalue weighted by molar-refractivity contribution is -0.0865. The predicted octanol–water partition coefficient (Wildman–Crippen LogP) is 1.60. The molecule has 5 rings (SSSR count). The molecule has 6 heteroatoms. The van der Waals surface area contributed by atoms with Crippen LogP contribution in [-0.2, 0) is 5.54 Å². The van der Waals surface area contributed by atoms with E-state index in [2.05, 4.69) is 9.97 Å². The van der Waals surface area contributed by atoms with Crippen LogP contribution in [0.2, 0.25) is 0 Å². The number of fused-ring (bicyclic) bond motifs is 4. The van der Waals surface area contributed by atoms with Gasteiger partial charge in [-0.2, -0.15) is 4.98 Å². The molecule has 0 saturated heterocycles. The highest BCUT2D eigenvalue weighted by atomic mass is 16.3. The summed E-state index contributed by atoms with van der Waals surface area (Å²) in [6, 6.07) is 1.48. The Hall–Kier alpha value is -1.95. The first-order valence-electron chi connectivity index (χ1n) is 7.74. The van der Waals surface area contributed by atoms with Gasteiger partial charge in [-0.05, 0) is 45.4 Å². The van der Waals surface area contributed by atoms with Gasteiger partial charge >= 0.3 is 0 Å². The molecule has 3 fully saturated rings. The molecule has 0 radical (unpaired) electrons. The van der Waals surface area contributed by atoms with Crippen LogP contribution < -0.4 is 5.56 Å². The number of hydrogen-bond acceptors (Lipinski definition) is 5. The maximum atomic E-state index is 12.6. The average Bonchev–Trinajstić information content (AvgIpc) is 2.47. The molecular weight excluding hydrogens is 282 g/mol. The Labute approximate surface area is 127 Å². The number of aliphatic hydroxyl groups is 1. The third-order valence-electron chi connectivity index (χ3n) is 5.50. The highest BCUT2D eigenvalue weighted by Crippen LogP contribution is 2.50. The zero-order valence-electron chi connectivity index (χ0n) is 12.5. The van der Waals surface area contributed by atoms with Gasteiger partial charge in [0.1, 0.15) is 5.82 Å². The van der Waals surface area contributed by atoms with Crippen molar-refractivity contribution in [2.24, 2.45) is 0 Å². The van der Waals surface area contributed by atoms with Gasteiger partial charge in [0.15, 0.2) is 0 Å². The average molecular weight is 301 g/mol. The molecule has 0 aliphatic heterocycles. The van der Waals surface area contributed by atoms with E-state index in [9.17, 15) is 15.0 Å². The maximum Gasteiger partial charge on any atom is 0.253 e. The predicted molar refractivity (Wildman–Crippen MR) is 80.8 cm³/mol. The van der Waals surface area contributed by atoms with Gasteiger partial charge in [0.2, 0.25) is 5.88 Å². The number of nitrogens with zero attached hydrogens (tertiary/aromatic N) is 3. The number of aromatic nitrogens is 3. The smallest absolute Gasteiger partial charge is 0.253 e. The van der Waals surface area contributed by atoms with E-state index in [1.807, 2.05) is 0 Å². The SMILES string of the molecule is Cc1nc(O)c2cn(C34CCC(O)(CC3)CC4)c(=O)cc2n1. The zero-order valence-corrected chi connectivity index (χ0v) is 12.5. The first-order valence-corrected chi connectivity index (χ1v) is 7.74. The largest absolute Gasteiger partial charge is 0.493 e. The van der Waals surface area contributed by atoms with E-state index >= 15 is 0 Å². The molecule has 2 bridgehead atoms. The van der Waals surface area contributed by atoms with Crippen LogP contribution in [0, 0.1) is 6.92 Å². The quantitative estimate of drug-likeness (QED) is 0.835. The molecule has 116 valence electrons. The van der Waals surface area contributed by atoms with Crippen molar-refractivity contribution in [1.82, 2.24) is 14.5 Å². The Bertz CT molecular complexity index is 803. The Balaban J connectivity index is 1.89. The monoisotopic (exact) mass is 301 g/mol. The van der Waals surface area contributed by atoms with Crippen LogP contribution in [0.1, 0.15) is 44.3 Å². The molecule has 6 nitrogen and oxygen atoms in total. The van der Waals surface area contributed by atoms with Crippen molar-refractivity contribution in [3.63, 3.8) is 0 Å². The molecule has 3 aliphatic carbocycles. The number of aryl methyl sites for hydroxylation is 1. The molecule has 0 aromatic carbocycles. The summed E-state index contributed by atoms with van der Waals surface area (Å²) in [4.78, 5) is 20.8. The van der Waals surface area contributed by atoms with Crippen LogP contribution in [0.15, 0.2) is 17.1 Å². The summed E-state index contributed by atoms with van der Waals surface area (Å²) in [6.45, 7) is 1.69. The van der Waals surface area contributed by atoms with Crippen LogP contribution in [0.5, 0.6) is 5.88 Å². The van der Waals surface area contributed by atoms with Gasteiger partial charge in [-0.3, -0.25) is 4.79 Å². The van der Waals surface area contributed by atoms with Crippen LogP contribution in [0.3, 0.4) is 0 Å². The van der Waals surface area contributed by atoms with Crippen molar-refractivity contribution in [2.45, 2.75) is 56.6 Å². The number of rotatable bonds is 1. The standard InChI is InChI=1S/C16H19N3O3/c1-10-17-12-8-13(20)19(9-11(12)14(21)18-10)15-2-5-16(22,6-3-15)7-4-15/h8-9,22H,2-7H2,1H3,(H,17,18,21). The number of hydrogen-bond donors (Lipinski definition) is 2. The van der Waals surface area contributed by atoms with Crippen molar-refractivity contribution in [3.8, 4) is 5.88 Å². The van der Waals surface area contributed by atoms with Crippen molar-refractivity contribution >= 4 is 10.9 Å². The van der Waals surface area contributed by atoms with E-state index in [1.165, 1.54) is 6.07 Å². The molecule has 0 atom stereocenters. The Morgan fingerprint density at radius 2 is 1.77 bits per heavy atom. The first kappa shape index (κ1) is 13.7. The summed E-state index contributed by atoms with van der Waals surface area (Å²) >= 11 is 0. The third-order valence-corrected chi connectivity index (χ3v) is 5.50. The highest BCUT2D eigenvalue weighted by molar-refractivity contribution is 5.82. The molecule has 0 unspecified atom stereocenters. The zero-order chi connectivity index (χ0) is 15.5.